The molecule has 0 aromatic heterocycles. The van der Waals surface area contributed by atoms with E-state index in [1.165, 1.54) is 0 Å². The van der Waals surface area contributed by atoms with Crippen LogP contribution in [0.3, 0.4) is 0 Å². The maximum atomic E-state index is 13.3. The zero-order valence-corrected chi connectivity index (χ0v) is 17.6. The van der Waals surface area contributed by atoms with Gasteiger partial charge in [0, 0.05) is 12.2 Å². The smallest absolute Gasteiger partial charge is 0.244 e. The molecule has 2 aromatic rings. The third kappa shape index (κ3) is 3.86. The molecule has 6 heteroatoms. The van der Waals surface area contributed by atoms with Gasteiger partial charge < -0.3 is 15.0 Å². The monoisotopic (exact) mass is 410 g/mol. The summed E-state index contributed by atoms with van der Waals surface area (Å²) in [5.41, 5.74) is 1.99. The Bertz CT molecular complexity index is 887. The average molecular weight is 411 g/mol. The van der Waals surface area contributed by atoms with Gasteiger partial charge in [-0.15, -0.1) is 11.8 Å². The highest BCUT2D eigenvalue weighted by molar-refractivity contribution is 8.01. The summed E-state index contributed by atoms with van der Waals surface area (Å²) < 4.78 is 5.54. The van der Waals surface area contributed by atoms with E-state index in [4.69, 9.17) is 4.74 Å². The Labute approximate surface area is 175 Å². The van der Waals surface area contributed by atoms with Gasteiger partial charge in [0.1, 0.15) is 11.8 Å². The summed E-state index contributed by atoms with van der Waals surface area (Å²) in [6.45, 7) is 4.63. The average Bonchev–Trinajstić information content (AvgIpc) is 3.23. The summed E-state index contributed by atoms with van der Waals surface area (Å²) in [5.74, 6) is 1.42. The van der Waals surface area contributed by atoms with Crippen LogP contribution >= 0.6 is 11.8 Å². The Morgan fingerprint density at radius 2 is 1.90 bits per heavy atom. The molecule has 3 unspecified atom stereocenters. The molecule has 0 spiro atoms. The van der Waals surface area contributed by atoms with Gasteiger partial charge in [-0.25, -0.2) is 0 Å². The van der Waals surface area contributed by atoms with Gasteiger partial charge in [-0.3, -0.25) is 9.59 Å². The number of fused-ring (bicyclic) bond motifs is 1. The second-order valence-corrected chi connectivity index (χ2v) is 9.12. The van der Waals surface area contributed by atoms with Crippen LogP contribution in [-0.4, -0.2) is 40.0 Å². The summed E-state index contributed by atoms with van der Waals surface area (Å²) in [4.78, 5) is 27.2. The molecule has 29 heavy (non-hydrogen) atoms. The topological polar surface area (TPSA) is 58.6 Å². The molecule has 4 rings (SSSR count). The molecule has 152 valence electrons. The van der Waals surface area contributed by atoms with Gasteiger partial charge >= 0.3 is 0 Å². The lowest BCUT2D eigenvalue weighted by Crippen LogP contribution is -2.50. The van der Waals surface area contributed by atoms with Crippen molar-refractivity contribution in [2.45, 2.75) is 43.6 Å². The van der Waals surface area contributed by atoms with E-state index in [2.05, 4.69) is 12.2 Å². The summed E-state index contributed by atoms with van der Waals surface area (Å²) in [5, 5.41) is 3.21. The van der Waals surface area contributed by atoms with Crippen molar-refractivity contribution in [3.63, 3.8) is 0 Å². The van der Waals surface area contributed by atoms with E-state index in [0.29, 0.717) is 18.8 Å². The normalized spacial score (nSPS) is 24.3. The molecular weight excluding hydrogens is 384 g/mol. The number of carbonyl (C=O) groups excluding carboxylic acids is 2. The maximum Gasteiger partial charge on any atom is 0.244 e. The Morgan fingerprint density at radius 3 is 2.59 bits per heavy atom. The van der Waals surface area contributed by atoms with Crippen molar-refractivity contribution >= 4 is 23.6 Å². The van der Waals surface area contributed by atoms with E-state index < -0.39 is 6.04 Å². The molecule has 0 saturated carbocycles. The minimum atomic E-state index is -0.422. The summed E-state index contributed by atoms with van der Waals surface area (Å²) in [6.07, 6.45) is 1.33. The largest absolute Gasteiger partial charge is 0.494 e. The first-order valence-electron chi connectivity index (χ1n) is 10.1. The zero-order chi connectivity index (χ0) is 20.4. The molecule has 1 N–H and O–H groups in total. The van der Waals surface area contributed by atoms with Crippen molar-refractivity contribution in [2.75, 3.05) is 12.4 Å². The number of nitrogens with zero attached hydrogens (tertiary/aromatic N) is 1. The molecule has 2 fully saturated rings. The molecule has 0 aliphatic carbocycles. The quantitative estimate of drug-likeness (QED) is 0.788. The van der Waals surface area contributed by atoms with Crippen LogP contribution in [0.5, 0.6) is 5.75 Å². The Kier molecular flexibility index (Phi) is 5.54. The minimum absolute atomic E-state index is 0.0787. The first-order valence-corrected chi connectivity index (χ1v) is 11.0. The predicted molar refractivity (Wildman–Crippen MR) is 115 cm³/mol. The second kappa shape index (κ2) is 8.11. The highest BCUT2D eigenvalue weighted by Gasteiger charge is 2.53. The van der Waals surface area contributed by atoms with Crippen LogP contribution in [-0.2, 0) is 9.59 Å². The van der Waals surface area contributed by atoms with Crippen molar-refractivity contribution in [1.29, 1.82) is 0 Å². The molecule has 2 amide bonds. The van der Waals surface area contributed by atoms with Crippen LogP contribution in [0.25, 0.3) is 0 Å². The van der Waals surface area contributed by atoms with Gasteiger partial charge in [0.2, 0.25) is 11.8 Å². The molecule has 2 aliphatic rings. The first kappa shape index (κ1) is 19.8. The fraction of sp³-hybridized carbons (Fsp3) is 0.391. The maximum absolute atomic E-state index is 13.3. The number of nitrogens with one attached hydrogen (secondary N) is 1. The van der Waals surface area contributed by atoms with Gasteiger partial charge in [0.05, 0.1) is 17.5 Å². The SMILES string of the molecule is CCOc1ccc(C(NC(=O)C2CSC3(C)CCC(=O)N23)c2ccccc2)cc1. The third-order valence-electron chi connectivity index (χ3n) is 5.69. The van der Waals surface area contributed by atoms with Gasteiger partial charge in [-0.05, 0) is 43.5 Å². The molecule has 0 bridgehead atoms. The van der Waals surface area contributed by atoms with Crippen LogP contribution in [0.2, 0.25) is 0 Å². The number of thioether (sulfide) groups is 1. The van der Waals surface area contributed by atoms with Crippen molar-refractivity contribution < 1.29 is 14.3 Å². The second-order valence-electron chi connectivity index (χ2n) is 7.62. The van der Waals surface area contributed by atoms with E-state index in [9.17, 15) is 9.59 Å². The van der Waals surface area contributed by atoms with Crippen molar-refractivity contribution in [2.24, 2.45) is 0 Å². The van der Waals surface area contributed by atoms with E-state index >= 15 is 0 Å². The number of amides is 2. The minimum Gasteiger partial charge on any atom is -0.494 e. The highest BCUT2D eigenvalue weighted by Crippen LogP contribution is 2.47. The van der Waals surface area contributed by atoms with E-state index in [0.717, 1.165) is 23.3 Å². The molecule has 3 atom stereocenters. The van der Waals surface area contributed by atoms with Crippen molar-refractivity contribution in [3.05, 3.63) is 65.7 Å². The standard InChI is InChI=1S/C23H26N2O3S/c1-3-28-18-11-9-17(10-12-18)21(16-7-5-4-6-8-16)24-22(27)19-15-29-23(2)14-13-20(26)25(19)23/h4-12,19,21H,3,13-15H2,1-2H3,(H,24,27). The predicted octanol–water partition coefficient (Wildman–Crippen LogP) is 3.74. The molecule has 5 nitrogen and oxygen atoms in total. The number of carbonyl (C=O) groups is 2. The molecule has 2 aromatic carbocycles. The third-order valence-corrected chi connectivity index (χ3v) is 7.20. The number of rotatable bonds is 6. The molecule has 2 heterocycles. The molecule has 2 aliphatic heterocycles. The van der Waals surface area contributed by atoms with Crippen molar-refractivity contribution in [3.8, 4) is 5.75 Å². The first-order chi connectivity index (χ1) is 14.0. The zero-order valence-electron chi connectivity index (χ0n) is 16.8. The summed E-state index contributed by atoms with van der Waals surface area (Å²) in [6, 6.07) is 17.0. The highest BCUT2D eigenvalue weighted by atomic mass is 32.2. The van der Waals surface area contributed by atoms with Gasteiger partial charge in [-0.2, -0.15) is 0 Å². The van der Waals surface area contributed by atoms with Crippen LogP contribution in [0.4, 0.5) is 0 Å². The number of hydrogen-bond acceptors (Lipinski definition) is 4. The summed E-state index contributed by atoms with van der Waals surface area (Å²) >= 11 is 1.71. The molecule has 2 saturated heterocycles. The van der Waals surface area contributed by atoms with Crippen LogP contribution in [0.15, 0.2) is 54.6 Å². The Morgan fingerprint density at radius 1 is 1.21 bits per heavy atom. The number of benzene rings is 2. The van der Waals surface area contributed by atoms with Gasteiger partial charge in [0.15, 0.2) is 0 Å². The van der Waals surface area contributed by atoms with Crippen LogP contribution in [0.1, 0.15) is 43.9 Å². The van der Waals surface area contributed by atoms with Gasteiger partial charge in [-0.1, -0.05) is 42.5 Å². The van der Waals surface area contributed by atoms with Crippen LogP contribution < -0.4 is 10.1 Å². The van der Waals surface area contributed by atoms with Gasteiger partial charge in [0.25, 0.3) is 0 Å². The summed E-state index contributed by atoms with van der Waals surface area (Å²) in [7, 11) is 0. The van der Waals surface area contributed by atoms with E-state index in [-0.39, 0.29) is 22.7 Å². The molecular formula is C23H26N2O3S. The lowest BCUT2D eigenvalue weighted by Gasteiger charge is -2.31. The lowest BCUT2D eigenvalue weighted by atomic mass is 9.98. The van der Waals surface area contributed by atoms with Crippen molar-refractivity contribution in [1.82, 2.24) is 10.2 Å². The van der Waals surface area contributed by atoms with E-state index in [1.807, 2.05) is 61.5 Å². The van der Waals surface area contributed by atoms with E-state index in [1.54, 1.807) is 16.7 Å². The molecule has 0 radical (unpaired) electrons. The number of hydrogen-bond donors (Lipinski definition) is 1. The Balaban J connectivity index is 1.59. The lowest BCUT2D eigenvalue weighted by molar-refractivity contribution is -0.138. The fourth-order valence-electron chi connectivity index (χ4n) is 4.18. The Hall–Kier alpha value is -2.47. The number of ether oxygens (including phenoxy) is 1. The fourth-order valence-corrected chi connectivity index (χ4v) is 5.61. The van der Waals surface area contributed by atoms with Crippen LogP contribution in [0, 0.1) is 0 Å².